The Balaban J connectivity index is 1.99. The molecule has 27 heavy (non-hydrogen) atoms. The smallest absolute Gasteiger partial charge is 0.266 e. The molecule has 1 heterocycles. The molecule has 0 saturated heterocycles. The van der Waals surface area contributed by atoms with Gasteiger partial charge in [0.2, 0.25) is 0 Å². The first kappa shape index (κ1) is 17.2. The Bertz CT molecular complexity index is 1230. The average Bonchev–Trinajstić information content (AvgIpc) is 2.68. The summed E-state index contributed by atoms with van der Waals surface area (Å²) in [5.41, 5.74) is 1.27. The molecule has 3 aromatic carbocycles. The molecule has 0 atom stereocenters. The van der Waals surface area contributed by atoms with Crippen molar-refractivity contribution in [3.05, 3.63) is 105 Å². The lowest BCUT2D eigenvalue weighted by atomic mass is 10.2. The zero-order valence-electron chi connectivity index (χ0n) is 14.1. The third-order valence-corrected chi connectivity index (χ3v) is 4.53. The second-order valence-electron chi connectivity index (χ2n) is 5.93. The molecule has 0 unspecified atom stereocenters. The highest BCUT2D eigenvalue weighted by atomic mass is 35.5. The predicted octanol–water partition coefficient (Wildman–Crippen LogP) is 5.35. The lowest BCUT2D eigenvalue weighted by molar-refractivity contribution is 0.625. The Morgan fingerprint density at radius 3 is 2.41 bits per heavy atom. The van der Waals surface area contributed by atoms with Crippen LogP contribution >= 0.6 is 11.6 Å². The first-order valence-corrected chi connectivity index (χ1v) is 8.72. The van der Waals surface area contributed by atoms with Gasteiger partial charge in [-0.05, 0) is 42.5 Å². The van der Waals surface area contributed by atoms with Gasteiger partial charge in [0.25, 0.3) is 5.56 Å². The van der Waals surface area contributed by atoms with Gasteiger partial charge < -0.3 is 0 Å². The van der Waals surface area contributed by atoms with E-state index in [0.717, 1.165) is 0 Å². The summed E-state index contributed by atoms with van der Waals surface area (Å²) in [7, 11) is 0. The van der Waals surface area contributed by atoms with Gasteiger partial charge in [0.15, 0.2) is 0 Å². The van der Waals surface area contributed by atoms with Crippen LogP contribution < -0.4 is 5.56 Å². The Kier molecular flexibility index (Phi) is 4.57. The SMILES string of the molecule is O=c1c2ccccc2nc(C=Cc2ccccc2F)n1-c1ccccc1Cl. The number of nitrogens with zero attached hydrogens (tertiary/aromatic N) is 2. The zero-order valence-corrected chi connectivity index (χ0v) is 14.9. The van der Waals surface area contributed by atoms with Crippen LogP contribution in [0.15, 0.2) is 77.6 Å². The Morgan fingerprint density at radius 1 is 0.889 bits per heavy atom. The number of rotatable bonds is 3. The normalized spacial score (nSPS) is 11.3. The van der Waals surface area contributed by atoms with E-state index < -0.39 is 0 Å². The number of hydrogen-bond donors (Lipinski definition) is 0. The fourth-order valence-electron chi connectivity index (χ4n) is 2.90. The molecule has 3 nitrogen and oxygen atoms in total. The second kappa shape index (κ2) is 7.17. The van der Waals surface area contributed by atoms with Gasteiger partial charge >= 0.3 is 0 Å². The van der Waals surface area contributed by atoms with E-state index in [1.807, 2.05) is 6.07 Å². The maximum absolute atomic E-state index is 14.0. The molecule has 0 N–H and O–H groups in total. The number of hydrogen-bond acceptors (Lipinski definition) is 2. The largest absolute Gasteiger partial charge is 0.268 e. The maximum atomic E-state index is 14.0. The third kappa shape index (κ3) is 3.27. The summed E-state index contributed by atoms with van der Waals surface area (Å²) in [4.78, 5) is 17.7. The molecule has 1 aromatic heterocycles. The number of halogens is 2. The monoisotopic (exact) mass is 376 g/mol. The summed E-state index contributed by atoms with van der Waals surface area (Å²) in [6.45, 7) is 0. The molecule has 0 radical (unpaired) electrons. The van der Waals surface area contributed by atoms with E-state index >= 15 is 0 Å². The topological polar surface area (TPSA) is 34.9 Å². The number of para-hydroxylation sites is 2. The highest BCUT2D eigenvalue weighted by Gasteiger charge is 2.13. The third-order valence-electron chi connectivity index (χ3n) is 4.21. The van der Waals surface area contributed by atoms with Gasteiger partial charge in [0.1, 0.15) is 11.6 Å². The number of fused-ring (bicyclic) bond motifs is 1. The lowest BCUT2D eigenvalue weighted by Gasteiger charge is -2.12. The zero-order chi connectivity index (χ0) is 18.8. The van der Waals surface area contributed by atoms with E-state index in [1.54, 1.807) is 72.8 Å². The lowest BCUT2D eigenvalue weighted by Crippen LogP contribution is -2.22. The van der Waals surface area contributed by atoms with Gasteiger partial charge in [-0.25, -0.2) is 9.37 Å². The van der Waals surface area contributed by atoms with Gasteiger partial charge in [-0.3, -0.25) is 9.36 Å². The van der Waals surface area contributed by atoms with Gasteiger partial charge in [-0.1, -0.05) is 54.1 Å². The summed E-state index contributed by atoms with van der Waals surface area (Å²) in [6, 6.07) is 20.6. The molecule has 132 valence electrons. The van der Waals surface area contributed by atoms with Crippen LogP contribution in [0, 0.1) is 5.82 Å². The highest BCUT2D eigenvalue weighted by molar-refractivity contribution is 6.32. The van der Waals surface area contributed by atoms with Gasteiger partial charge in [-0.15, -0.1) is 0 Å². The standard InChI is InChI=1S/C22H14ClFN2O/c23-17-9-3-6-12-20(17)26-21(14-13-15-7-1-4-10-18(15)24)25-19-11-5-2-8-16(19)22(26)27/h1-14H. The van der Waals surface area contributed by atoms with Crippen molar-refractivity contribution < 1.29 is 4.39 Å². The van der Waals surface area contributed by atoms with Crippen LogP contribution in [0.1, 0.15) is 11.4 Å². The van der Waals surface area contributed by atoms with E-state index in [1.165, 1.54) is 10.6 Å². The predicted molar refractivity (Wildman–Crippen MR) is 108 cm³/mol. The molecule has 0 saturated carbocycles. The Labute approximate surface area is 160 Å². The van der Waals surface area contributed by atoms with Gasteiger partial charge in [0.05, 0.1) is 21.6 Å². The van der Waals surface area contributed by atoms with E-state index in [4.69, 9.17) is 11.6 Å². The minimum absolute atomic E-state index is 0.234. The van der Waals surface area contributed by atoms with Crippen molar-refractivity contribution in [1.29, 1.82) is 0 Å². The molecule has 5 heteroatoms. The molecule has 0 aliphatic carbocycles. The molecule has 4 aromatic rings. The van der Waals surface area contributed by atoms with Crippen molar-refractivity contribution in [1.82, 2.24) is 9.55 Å². The first-order chi connectivity index (χ1) is 13.1. The van der Waals surface area contributed by atoms with Crippen LogP contribution in [0.25, 0.3) is 28.7 Å². The summed E-state index contributed by atoms with van der Waals surface area (Å²) < 4.78 is 15.4. The fourth-order valence-corrected chi connectivity index (χ4v) is 3.12. The molecular formula is C22H14ClFN2O. The van der Waals surface area contributed by atoms with Crippen LogP contribution in [-0.2, 0) is 0 Å². The van der Waals surface area contributed by atoms with E-state index in [-0.39, 0.29) is 11.4 Å². The van der Waals surface area contributed by atoms with Crippen LogP contribution in [0.3, 0.4) is 0 Å². The van der Waals surface area contributed by atoms with Crippen molar-refractivity contribution in [2.45, 2.75) is 0 Å². The molecule has 0 aliphatic heterocycles. The summed E-state index contributed by atoms with van der Waals surface area (Å²) in [6.07, 6.45) is 3.22. The minimum atomic E-state index is -0.346. The molecule has 0 fully saturated rings. The molecular weight excluding hydrogens is 363 g/mol. The number of benzene rings is 3. The molecule has 0 aliphatic rings. The van der Waals surface area contributed by atoms with E-state index in [0.29, 0.717) is 33.0 Å². The van der Waals surface area contributed by atoms with Crippen molar-refractivity contribution in [3.63, 3.8) is 0 Å². The number of aromatic nitrogens is 2. The van der Waals surface area contributed by atoms with Crippen LogP contribution in [0.5, 0.6) is 0 Å². The van der Waals surface area contributed by atoms with Crippen molar-refractivity contribution >= 4 is 34.7 Å². The fraction of sp³-hybridized carbons (Fsp3) is 0. The average molecular weight is 377 g/mol. The van der Waals surface area contributed by atoms with Crippen LogP contribution in [0.2, 0.25) is 5.02 Å². The molecule has 0 bridgehead atoms. The molecule has 4 rings (SSSR count). The van der Waals surface area contributed by atoms with Crippen molar-refractivity contribution in [2.24, 2.45) is 0 Å². The highest BCUT2D eigenvalue weighted by Crippen LogP contribution is 2.22. The van der Waals surface area contributed by atoms with Crippen molar-refractivity contribution in [2.75, 3.05) is 0 Å². The summed E-state index contributed by atoms with van der Waals surface area (Å²) >= 11 is 6.32. The van der Waals surface area contributed by atoms with Crippen LogP contribution in [0.4, 0.5) is 4.39 Å². The van der Waals surface area contributed by atoms with Gasteiger partial charge in [0, 0.05) is 5.56 Å². The quantitative estimate of drug-likeness (QED) is 0.483. The Hall–Kier alpha value is -3.24. The molecule has 0 amide bonds. The minimum Gasteiger partial charge on any atom is -0.268 e. The second-order valence-corrected chi connectivity index (χ2v) is 6.34. The summed E-state index contributed by atoms with van der Waals surface area (Å²) in [5, 5.41) is 0.915. The van der Waals surface area contributed by atoms with Gasteiger partial charge in [-0.2, -0.15) is 0 Å². The maximum Gasteiger partial charge on any atom is 0.266 e. The van der Waals surface area contributed by atoms with E-state index in [9.17, 15) is 9.18 Å². The van der Waals surface area contributed by atoms with E-state index in [2.05, 4.69) is 4.98 Å². The van der Waals surface area contributed by atoms with Crippen LogP contribution in [-0.4, -0.2) is 9.55 Å². The molecule has 0 spiro atoms. The van der Waals surface area contributed by atoms with Crippen molar-refractivity contribution in [3.8, 4) is 5.69 Å². The first-order valence-electron chi connectivity index (χ1n) is 8.34. The summed E-state index contributed by atoms with van der Waals surface area (Å²) in [5.74, 6) is 0.0243. The Morgan fingerprint density at radius 2 is 1.59 bits per heavy atom.